The normalized spacial score (nSPS) is 12.3. The summed E-state index contributed by atoms with van der Waals surface area (Å²) in [6.45, 7) is 1.43. The van der Waals surface area contributed by atoms with Gasteiger partial charge in [0.15, 0.2) is 6.10 Å². The molecular weight excluding hydrogens is 376 g/mol. The highest BCUT2D eigenvalue weighted by Gasteiger charge is 2.21. The Bertz CT molecular complexity index is 928. The monoisotopic (exact) mass is 394 g/mol. The van der Waals surface area contributed by atoms with Crippen molar-refractivity contribution in [1.82, 2.24) is 0 Å². The molecule has 0 heterocycles. The van der Waals surface area contributed by atoms with Crippen LogP contribution in [-0.4, -0.2) is 32.7 Å². The van der Waals surface area contributed by atoms with Crippen LogP contribution in [0.5, 0.6) is 0 Å². The molecule has 0 aromatic heterocycles. The van der Waals surface area contributed by atoms with E-state index >= 15 is 0 Å². The predicted molar refractivity (Wildman–Crippen MR) is 99.5 cm³/mol. The molecule has 2 aromatic rings. The number of nitrogens with one attached hydrogen (secondary N) is 1. The van der Waals surface area contributed by atoms with Gasteiger partial charge in [0, 0.05) is 10.6 Å². The summed E-state index contributed by atoms with van der Waals surface area (Å²) in [7, 11) is -3.88. The molecule has 0 spiro atoms. The number of anilines is 1. The highest BCUT2D eigenvalue weighted by Crippen LogP contribution is 2.21. The van der Waals surface area contributed by atoms with E-state index in [-0.39, 0.29) is 10.6 Å². The molecule has 1 amide bonds. The highest BCUT2D eigenvalue weighted by molar-refractivity contribution is 7.98. The van der Waals surface area contributed by atoms with Crippen LogP contribution in [0.15, 0.2) is 58.3 Å². The average molecular weight is 394 g/mol. The van der Waals surface area contributed by atoms with E-state index in [2.05, 4.69) is 5.32 Å². The summed E-state index contributed by atoms with van der Waals surface area (Å²) in [5.74, 6) is -1.21. The smallest absolute Gasteiger partial charge is 0.340 e. The Hall–Kier alpha value is -2.36. The second kappa shape index (κ2) is 8.35. The minimum absolute atomic E-state index is 0.131. The van der Waals surface area contributed by atoms with E-state index in [9.17, 15) is 18.0 Å². The van der Waals surface area contributed by atoms with Crippen LogP contribution in [0.3, 0.4) is 0 Å². The number of rotatable bonds is 6. The number of carbonyl (C=O) groups is 2. The maximum Gasteiger partial charge on any atom is 0.340 e. The lowest BCUT2D eigenvalue weighted by molar-refractivity contribution is -0.123. The summed E-state index contributed by atoms with van der Waals surface area (Å²) >= 11 is 1.40. The Morgan fingerprint density at radius 2 is 1.85 bits per heavy atom. The van der Waals surface area contributed by atoms with E-state index in [1.165, 1.54) is 43.0 Å². The molecule has 0 saturated carbocycles. The standard InChI is InChI=1S/C17H18N2O5S2/c1-11(24-17(21)14-8-3-4-9-15(14)25-2)16(20)19-12-6-5-7-13(10-12)26(18,22)23/h3-11H,1-2H3,(H,19,20)(H2,18,22,23)/t11-/m1/s1. The van der Waals surface area contributed by atoms with Gasteiger partial charge in [0.25, 0.3) is 5.91 Å². The molecule has 0 aliphatic carbocycles. The molecule has 3 N–H and O–H groups in total. The maximum atomic E-state index is 12.3. The van der Waals surface area contributed by atoms with Crippen LogP contribution in [0.1, 0.15) is 17.3 Å². The number of ether oxygens (including phenoxy) is 1. The van der Waals surface area contributed by atoms with Crippen molar-refractivity contribution in [2.24, 2.45) is 5.14 Å². The number of carbonyl (C=O) groups excluding carboxylic acids is 2. The SMILES string of the molecule is CSc1ccccc1C(=O)O[C@H](C)C(=O)Nc1cccc(S(N)(=O)=O)c1. The summed E-state index contributed by atoms with van der Waals surface area (Å²) in [5.41, 5.74) is 0.602. The van der Waals surface area contributed by atoms with E-state index in [0.717, 1.165) is 4.90 Å². The number of nitrogens with two attached hydrogens (primary N) is 1. The van der Waals surface area contributed by atoms with Gasteiger partial charge in [-0.05, 0) is 43.5 Å². The van der Waals surface area contributed by atoms with Crippen LogP contribution >= 0.6 is 11.8 Å². The quantitative estimate of drug-likeness (QED) is 0.573. The first-order chi connectivity index (χ1) is 12.2. The van der Waals surface area contributed by atoms with Crippen molar-refractivity contribution in [3.8, 4) is 0 Å². The van der Waals surface area contributed by atoms with Gasteiger partial charge in [-0.2, -0.15) is 0 Å². The molecule has 9 heteroatoms. The van der Waals surface area contributed by atoms with Crippen molar-refractivity contribution in [3.05, 3.63) is 54.1 Å². The Kier molecular flexibility index (Phi) is 6.41. The fourth-order valence-electron chi connectivity index (χ4n) is 2.09. The number of primary sulfonamides is 1. The molecule has 0 unspecified atom stereocenters. The zero-order valence-electron chi connectivity index (χ0n) is 14.1. The van der Waals surface area contributed by atoms with Gasteiger partial charge in [-0.15, -0.1) is 11.8 Å². The van der Waals surface area contributed by atoms with Crippen molar-refractivity contribution in [2.45, 2.75) is 22.8 Å². The third-order valence-electron chi connectivity index (χ3n) is 3.41. The molecule has 0 radical (unpaired) electrons. The first kappa shape index (κ1) is 20.0. The van der Waals surface area contributed by atoms with Crippen molar-refractivity contribution < 1.29 is 22.7 Å². The lowest BCUT2D eigenvalue weighted by Gasteiger charge is -2.15. The third-order valence-corrected chi connectivity index (χ3v) is 5.12. The van der Waals surface area contributed by atoms with Gasteiger partial charge < -0.3 is 10.1 Å². The van der Waals surface area contributed by atoms with Crippen LogP contribution in [0.25, 0.3) is 0 Å². The molecule has 26 heavy (non-hydrogen) atoms. The largest absolute Gasteiger partial charge is 0.449 e. The molecule has 1 atom stereocenters. The Morgan fingerprint density at radius 3 is 2.50 bits per heavy atom. The van der Waals surface area contributed by atoms with Crippen LogP contribution in [0.2, 0.25) is 0 Å². The highest BCUT2D eigenvalue weighted by atomic mass is 32.2. The van der Waals surface area contributed by atoms with E-state index in [1.807, 2.05) is 6.26 Å². The van der Waals surface area contributed by atoms with Crippen LogP contribution in [0.4, 0.5) is 5.69 Å². The van der Waals surface area contributed by atoms with Gasteiger partial charge in [-0.1, -0.05) is 18.2 Å². The topological polar surface area (TPSA) is 116 Å². The van der Waals surface area contributed by atoms with E-state index in [1.54, 1.807) is 24.3 Å². The average Bonchev–Trinajstić information content (AvgIpc) is 2.61. The molecule has 0 bridgehead atoms. The van der Waals surface area contributed by atoms with Crippen molar-refractivity contribution in [3.63, 3.8) is 0 Å². The van der Waals surface area contributed by atoms with E-state index in [4.69, 9.17) is 9.88 Å². The maximum absolute atomic E-state index is 12.3. The number of esters is 1. The number of hydrogen-bond donors (Lipinski definition) is 2. The lowest BCUT2D eigenvalue weighted by Crippen LogP contribution is -2.30. The first-order valence-electron chi connectivity index (χ1n) is 7.50. The summed E-state index contributed by atoms with van der Waals surface area (Å²) in [6.07, 6.45) is 0.760. The van der Waals surface area contributed by atoms with Crippen LogP contribution in [0, 0.1) is 0 Å². The Balaban J connectivity index is 2.07. The summed E-state index contributed by atoms with van der Waals surface area (Å²) in [5, 5.41) is 7.56. The van der Waals surface area contributed by atoms with Gasteiger partial charge in [0.2, 0.25) is 10.0 Å². The van der Waals surface area contributed by atoms with Crippen molar-refractivity contribution >= 4 is 39.3 Å². The lowest BCUT2D eigenvalue weighted by atomic mass is 10.2. The predicted octanol–water partition coefficient (Wildman–Crippen LogP) is 2.24. The molecule has 0 fully saturated rings. The second-order valence-corrected chi connectivity index (χ2v) is 7.72. The minimum Gasteiger partial charge on any atom is -0.449 e. The molecule has 7 nitrogen and oxygen atoms in total. The Labute approximate surface area is 156 Å². The molecule has 138 valence electrons. The zero-order valence-corrected chi connectivity index (χ0v) is 15.8. The van der Waals surface area contributed by atoms with E-state index < -0.39 is 28.0 Å². The fourth-order valence-corrected chi connectivity index (χ4v) is 3.23. The van der Waals surface area contributed by atoms with Crippen molar-refractivity contribution in [2.75, 3.05) is 11.6 Å². The number of benzene rings is 2. The number of hydrogen-bond acceptors (Lipinski definition) is 6. The second-order valence-electron chi connectivity index (χ2n) is 5.31. The first-order valence-corrected chi connectivity index (χ1v) is 10.3. The van der Waals surface area contributed by atoms with Gasteiger partial charge in [0.05, 0.1) is 10.5 Å². The minimum atomic E-state index is -3.88. The molecular formula is C17H18N2O5S2. The van der Waals surface area contributed by atoms with Crippen LogP contribution < -0.4 is 10.5 Å². The third kappa shape index (κ3) is 5.07. The van der Waals surface area contributed by atoms with Crippen molar-refractivity contribution in [1.29, 1.82) is 0 Å². The van der Waals surface area contributed by atoms with Gasteiger partial charge >= 0.3 is 5.97 Å². The van der Waals surface area contributed by atoms with Gasteiger partial charge in [-0.3, -0.25) is 4.79 Å². The molecule has 0 aliphatic rings. The number of sulfonamides is 1. The molecule has 0 aliphatic heterocycles. The summed E-state index contributed by atoms with van der Waals surface area (Å²) in [6, 6.07) is 12.4. The van der Waals surface area contributed by atoms with Gasteiger partial charge in [-0.25, -0.2) is 18.4 Å². The van der Waals surface area contributed by atoms with E-state index in [0.29, 0.717) is 5.56 Å². The molecule has 2 aromatic carbocycles. The number of thioether (sulfide) groups is 1. The zero-order chi connectivity index (χ0) is 19.3. The molecule has 2 rings (SSSR count). The Morgan fingerprint density at radius 1 is 1.15 bits per heavy atom. The summed E-state index contributed by atoms with van der Waals surface area (Å²) < 4.78 is 27.9. The van der Waals surface area contributed by atoms with Crippen LogP contribution in [-0.2, 0) is 19.6 Å². The number of amides is 1. The molecule has 0 saturated heterocycles. The van der Waals surface area contributed by atoms with Gasteiger partial charge in [0.1, 0.15) is 0 Å². The fraction of sp³-hybridized carbons (Fsp3) is 0.176. The summed E-state index contributed by atoms with van der Waals surface area (Å²) in [4.78, 5) is 25.1.